The SMILES string of the molecule is C1CCOC1.CC(C)(C)OC(=O)N[C@H](COc1ccc(F)cc1)C(=O)O.CN[C@H](CO)C(=O)OC.CN[C@H](COc1ccc(F)cc1)C(=O)OC.COC(=O)[C@H](N)CO.Cl.Cl.ClCCl.N[C@H](COc1ccc(F)cc1)C(=O)O. The highest BCUT2D eigenvalue weighted by Crippen LogP contribution is 2.14. The Kier molecular flexibility index (Phi) is 51.7. The van der Waals surface area contributed by atoms with Crippen molar-refractivity contribution in [3.05, 3.63) is 90.2 Å². The molecule has 5 atom stereocenters. The normalized spacial score (nSPS) is 12.5. The molecule has 1 saturated heterocycles. The third kappa shape index (κ3) is 44.3. The Hall–Kier alpha value is -5.65. The number of carboxylic acid groups (broad SMARTS) is 2. The van der Waals surface area contributed by atoms with Crippen LogP contribution in [0.3, 0.4) is 0 Å². The Bertz CT molecular complexity index is 2030. The second-order valence-electron chi connectivity index (χ2n) is 15.4. The van der Waals surface area contributed by atoms with E-state index in [1.54, 1.807) is 34.9 Å². The van der Waals surface area contributed by atoms with E-state index in [4.69, 9.17) is 78.8 Å². The van der Waals surface area contributed by atoms with Gasteiger partial charge in [-0.1, -0.05) is 0 Å². The average Bonchev–Trinajstić information content (AvgIpc) is 3.99. The number of alkyl halides is 2. The molecule has 0 unspecified atom stereocenters. The number of amides is 1. The average molecular weight is 1210 g/mol. The minimum absolute atomic E-state index is 0. The van der Waals surface area contributed by atoms with Crippen LogP contribution in [-0.4, -0.2) is 179 Å². The molecule has 0 spiro atoms. The van der Waals surface area contributed by atoms with Crippen molar-refractivity contribution in [2.75, 3.05) is 87.0 Å². The first-order chi connectivity index (χ1) is 35.8. The van der Waals surface area contributed by atoms with Crippen LogP contribution in [0.15, 0.2) is 72.8 Å². The molecule has 4 rings (SSSR count). The number of nitrogens with one attached hydrogen (secondary N) is 3. The maximum atomic E-state index is 12.7. The maximum absolute atomic E-state index is 12.7. The highest BCUT2D eigenvalue weighted by Gasteiger charge is 2.25. The number of aliphatic hydroxyl groups is 2. The second-order valence-corrected chi connectivity index (χ2v) is 16.2. The molecular formula is C48H74Cl4F3N5O18. The summed E-state index contributed by atoms with van der Waals surface area (Å²) in [7, 11) is 7.03. The molecule has 0 radical (unpaired) electrons. The largest absolute Gasteiger partial charge is 0.491 e. The number of esters is 3. The molecule has 1 aliphatic rings. The number of aliphatic carboxylic acids is 2. The molecular weight excluding hydrogens is 1130 g/mol. The molecule has 1 aliphatic heterocycles. The van der Waals surface area contributed by atoms with Gasteiger partial charge >= 0.3 is 35.9 Å². The van der Waals surface area contributed by atoms with Crippen molar-refractivity contribution in [3.63, 3.8) is 0 Å². The van der Waals surface area contributed by atoms with E-state index in [-0.39, 0.29) is 74.8 Å². The minimum Gasteiger partial charge on any atom is -0.491 e. The summed E-state index contributed by atoms with van der Waals surface area (Å²) in [5.74, 6) is -3.76. The van der Waals surface area contributed by atoms with Crippen LogP contribution in [0, 0.1) is 17.5 Å². The lowest BCUT2D eigenvalue weighted by Crippen LogP contribution is -2.46. The molecule has 23 nitrogen and oxygen atoms in total. The number of halogens is 7. The number of methoxy groups -OCH3 is 3. The monoisotopic (exact) mass is 1210 g/mol. The van der Waals surface area contributed by atoms with Crippen molar-refractivity contribution in [1.82, 2.24) is 16.0 Å². The number of likely N-dealkylation sites (N-methyl/N-ethyl adjacent to an activating group) is 2. The van der Waals surface area contributed by atoms with Crippen molar-refractivity contribution in [2.24, 2.45) is 11.5 Å². The number of nitrogens with two attached hydrogens (primary N) is 2. The molecule has 0 saturated carbocycles. The molecule has 1 heterocycles. The number of carbonyl (C=O) groups is 6. The van der Waals surface area contributed by atoms with Crippen LogP contribution in [0.4, 0.5) is 18.0 Å². The molecule has 3 aromatic carbocycles. The lowest BCUT2D eigenvalue weighted by atomic mass is 10.2. The van der Waals surface area contributed by atoms with Gasteiger partial charge in [-0.15, -0.1) is 48.0 Å². The fraction of sp³-hybridized carbons (Fsp3) is 0.500. The Morgan fingerprint density at radius 3 is 1.18 bits per heavy atom. The van der Waals surface area contributed by atoms with Gasteiger partial charge in [0.25, 0.3) is 0 Å². The van der Waals surface area contributed by atoms with Gasteiger partial charge in [0.15, 0.2) is 6.04 Å². The summed E-state index contributed by atoms with van der Waals surface area (Å²) in [5.41, 5.74) is 9.47. The summed E-state index contributed by atoms with van der Waals surface area (Å²) in [4.78, 5) is 64.9. The van der Waals surface area contributed by atoms with E-state index in [0.717, 1.165) is 13.2 Å². The maximum Gasteiger partial charge on any atom is 0.408 e. The van der Waals surface area contributed by atoms with E-state index in [9.17, 15) is 41.9 Å². The van der Waals surface area contributed by atoms with E-state index < -0.39 is 77.6 Å². The molecule has 0 bridgehead atoms. The van der Waals surface area contributed by atoms with Gasteiger partial charge in [0.1, 0.15) is 84.3 Å². The molecule has 78 heavy (non-hydrogen) atoms. The topological polar surface area (TPSA) is 345 Å². The van der Waals surface area contributed by atoms with Crippen molar-refractivity contribution in [1.29, 1.82) is 0 Å². The molecule has 11 N–H and O–H groups in total. The summed E-state index contributed by atoms with van der Waals surface area (Å²) in [6, 6.07) is 11.6. The number of carboxylic acids is 2. The van der Waals surface area contributed by atoms with Crippen molar-refractivity contribution in [3.8, 4) is 17.2 Å². The standard InChI is InChI=1S/C14H18FNO5.C11H14FNO3.C9H10FNO3.C5H11NO3.C4H9NO3.C4H8O.CH2Cl2.2ClH/c1-14(2,3)21-13(19)16-11(12(17)18)8-20-10-6-4-9(15)5-7-10;1-13-10(11(14)15-2)7-16-9-5-3-8(12)4-6-9;10-6-1-3-7(4-2-6)14-5-8(11)9(12)13;1-6-4(3-7)5(8)9-2;1-8-4(7)3(5)2-6;1-2-4-5-3-1;2-1-3;;/h4-7,11H,8H2,1-3H3,(H,16,19)(H,17,18);3-6,10,13H,7H2,1-2H3;1-4,8H,5,11H2,(H,12,13);4,6-7H,3H2,1-2H3;3,6H,2,5H2,1H3;1-4H2;1H2;2*1H/t11-;10-;8-;4-;3-;;;;/m11111..../s1. The van der Waals surface area contributed by atoms with Crippen LogP contribution in [0.25, 0.3) is 0 Å². The zero-order chi connectivity index (χ0) is 58.6. The highest BCUT2D eigenvalue weighted by atomic mass is 35.5. The second kappa shape index (κ2) is 49.6. The molecule has 0 aromatic heterocycles. The lowest BCUT2D eigenvalue weighted by Gasteiger charge is -2.22. The van der Waals surface area contributed by atoms with Crippen LogP contribution in [0.2, 0.25) is 0 Å². The van der Waals surface area contributed by atoms with E-state index in [1.165, 1.54) is 107 Å². The molecule has 30 heteroatoms. The van der Waals surface area contributed by atoms with Crippen LogP contribution in [0.1, 0.15) is 33.6 Å². The summed E-state index contributed by atoms with van der Waals surface area (Å²) < 4.78 is 76.3. The Balaban J connectivity index is -0.000000281. The number of alkyl carbamates (subject to hydrolysis) is 1. The van der Waals surface area contributed by atoms with Crippen LogP contribution in [0.5, 0.6) is 17.2 Å². The van der Waals surface area contributed by atoms with Crippen LogP contribution in [-0.2, 0) is 47.7 Å². The van der Waals surface area contributed by atoms with Gasteiger partial charge < -0.3 is 85.7 Å². The Morgan fingerprint density at radius 1 is 0.590 bits per heavy atom. The zero-order valence-electron chi connectivity index (χ0n) is 44.3. The van der Waals surface area contributed by atoms with Gasteiger partial charge in [-0.25, -0.2) is 22.8 Å². The van der Waals surface area contributed by atoms with E-state index >= 15 is 0 Å². The number of rotatable bonds is 19. The van der Waals surface area contributed by atoms with Crippen molar-refractivity contribution in [2.45, 2.75) is 69.4 Å². The summed E-state index contributed by atoms with van der Waals surface area (Å²) in [6.45, 7) is 6.08. The molecule has 448 valence electrons. The molecule has 0 aliphatic carbocycles. The van der Waals surface area contributed by atoms with Gasteiger partial charge in [-0.05, 0) is 121 Å². The minimum atomic E-state index is -1.27. The van der Waals surface area contributed by atoms with Crippen LogP contribution < -0.4 is 41.6 Å². The van der Waals surface area contributed by atoms with Gasteiger partial charge in [-0.2, -0.15) is 0 Å². The third-order valence-corrected chi connectivity index (χ3v) is 8.39. The predicted octanol–water partition coefficient (Wildman–Crippen LogP) is 4.04. The number of ether oxygens (including phenoxy) is 8. The lowest BCUT2D eigenvalue weighted by molar-refractivity contribution is -0.144. The summed E-state index contributed by atoms with van der Waals surface area (Å²) >= 11 is 9.53. The quantitative estimate of drug-likeness (QED) is 0.0464. The summed E-state index contributed by atoms with van der Waals surface area (Å²) in [6.07, 6.45) is 1.71. The summed E-state index contributed by atoms with van der Waals surface area (Å²) in [5, 5.41) is 41.9. The van der Waals surface area contributed by atoms with Gasteiger partial charge in [-0.3, -0.25) is 19.2 Å². The van der Waals surface area contributed by atoms with E-state index in [1.807, 2.05) is 0 Å². The van der Waals surface area contributed by atoms with Gasteiger partial charge in [0, 0.05) is 13.2 Å². The molecule has 1 fully saturated rings. The number of hydrogen-bond donors (Lipinski definition) is 9. The first kappa shape index (κ1) is 81.2. The zero-order valence-corrected chi connectivity index (χ0v) is 47.4. The Labute approximate surface area is 473 Å². The van der Waals surface area contributed by atoms with E-state index in [2.05, 4.69) is 30.2 Å². The van der Waals surface area contributed by atoms with E-state index in [0.29, 0.717) is 17.2 Å². The fourth-order valence-electron chi connectivity index (χ4n) is 4.41. The fourth-order valence-corrected chi connectivity index (χ4v) is 4.41. The third-order valence-electron chi connectivity index (χ3n) is 8.39. The molecule has 1 amide bonds. The first-order valence-electron chi connectivity index (χ1n) is 22.4. The predicted molar refractivity (Wildman–Crippen MR) is 287 cm³/mol. The van der Waals surface area contributed by atoms with Crippen molar-refractivity contribution >= 4 is 84.0 Å². The highest BCUT2D eigenvalue weighted by molar-refractivity contribution is 6.40. The first-order valence-corrected chi connectivity index (χ1v) is 23.5. The van der Waals surface area contributed by atoms with Crippen LogP contribution >= 0.6 is 48.0 Å². The van der Waals surface area contributed by atoms with Gasteiger partial charge in [0.2, 0.25) is 0 Å². The smallest absolute Gasteiger partial charge is 0.408 e. The van der Waals surface area contributed by atoms with Crippen molar-refractivity contribution < 1.29 is 100 Å². The number of carbonyl (C=O) groups excluding carboxylic acids is 4. The Morgan fingerprint density at radius 2 is 0.936 bits per heavy atom. The number of benzene rings is 3. The van der Waals surface area contributed by atoms with Gasteiger partial charge in [0.05, 0.1) is 39.9 Å². The number of hydrogen-bond acceptors (Lipinski definition) is 20. The number of aliphatic hydroxyl groups excluding tert-OH is 2. The molecule has 3 aromatic rings.